The molecule has 1 aliphatic heterocycles. The molecule has 1 aliphatic rings. The van der Waals surface area contributed by atoms with E-state index in [1.165, 1.54) is 0 Å². The number of hydrogen-bond donors (Lipinski definition) is 3. The minimum Gasteiger partial charge on any atom is -0.495 e. The number of methoxy groups -OCH3 is 1. The van der Waals surface area contributed by atoms with Crippen molar-refractivity contribution in [2.24, 2.45) is 0 Å². The van der Waals surface area contributed by atoms with Gasteiger partial charge in [0, 0.05) is 29.8 Å². The molecule has 0 radical (unpaired) electrons. The van der Waals surface area contributed by atoms with Gasteiger partial charge in [-0.25, -0.2) is 0 Å². The van der Waals surface area contributed by atoms with E-state index >= 15 is 0 Å². The number of anilines is 1. The van der Waals surface area contributed by atoms with Gasteiger partial charge in [0.05, 0.1) is 32.6 Å². The van der Waals surface area contributed by atoms with Crippen LogP contribution < -0.4 is 20.3 Å². The third-order valence-electron chi connectivity index (χ3n) is 5.14. The second kappa shape index (κ2) is 8.77. The van der Waals surface area contributed by atoms with Crippen LogP contribution in [0.2, 0.25) is 0 Å². The first kappa shape index (κ1) is 19.0. The number of thiocarbonyl (C=S) groups is 1. The Bertz CT molecular complexity index is 966. The Labute approximate surface area is 169 Å². The number of rotatable bonds is 6. The zero-order valence-corrected chi connectivity index (χ0v) is 16.9. The Morgan fingerprint density at radius 2 is 1.96 bits per heavy atom. The summed E-state index contributed by atoms with van der Waals surface area (Å²) in [4.78, 5) is 1.60. The fourth-order valence-corrected chi connectivity index (χ4v) is 3.85. The maximum absolute atomic E-state index is 5.97. The fourth-order valence-electron chi connectivity index (χ4n) is 3.63. The molecular weight excluding hydrogens is 374 g/mol. The highest BCUT2D eigenvalue weighted by Crippen LogP contribution is 2.36. The normalized spacial score (nSPS) is 15.0. The lowest BCUT2D eigenvalue weighted by Crippen LogP contribution is -3.14. The lowest BCUT2D eigenvalue weighted by molar-refractivity contribution is -0.908. The third-order valence-corrected chi connectivity index (χ3v) is 5.39. The highest BCUT2D eigenvalue weighted by atomic mass is 32.1. The molecule has 0 saturated carbocycles. The summed E-state index contributed by atoms with van der Waals surface area (Å²) in [5.41, 5.74) is 2.47. The molecule has 0 spiro atoms. The summed E-state index contributed by atoms with van der Waals surface area (Å²) in [6.45, 7) is 5.90. The molecule has 4 rings (SSSR count). The number of ether oxygens (including phenoxy) is 2. The molecule has 0 atom stereocenters. The van der Waals surface area contributed by atoms with Crippen LogP contribution in [0.1, 0.15) is 6.42 Å². The highest BCUT2D eigenvalue weighted by Gasteiger charge is 2.14. The lowest BCUT2D eigenvalue weighted by Gasteiger charge is -2.23. The first-order valence-electron chi connectivity index (χ1n) is 9.70. The topological polar surface area (TPSA) is 60.1 Å². The number of benzene rings is 2. The molecule has 6 nitrogen and oxygen atoms in total. The standard InChI is InChI=1S/C21H25N3O3S/c1-25-20-13-16-15-5-2-3-6-18(15)27-19(16)14-17(20)23-21(28)22-7-4-8-24-9-11-26-12-10-24/h2-3,5-6,13-14H,4,7-12H2,1H3,(H2,22,23,28)/p+1. The van der Waals surface area contributed by atoms with Crippen molar-refractivity contribution in [1.29, 1.82) is 0 Å². The van der Waals surface area contributed by atoms with Gasteiger partial charge in [-0.2, -0.15) is 0 Å². The van der Waals surface area contributed by atoms with Gasteiger partial charge >= 0.3 is 0 Å². The molecule has 3 N–H and O–H groups in total. The molecule has 0 bridgehead atoms. The molecule has 7 heteroatoms. The van der Waals surface area contributed by atoms with Crippen molar-refractivity contribution in [3.8, 4) is 5.75 Å². The maximum Gasteiger partial charge on any atom is 0.170 e. The van der Waals surface area contributed by atoms with Crippen molar-refractivity contribution in [3.05, 3.63) is 36.4 Å². The summed E-state index contributed by atoms with van der Waals surface area (Å²) >= 11 is 5.47. The van der Waals surface area contributed by atoms with E-state index in [4.69, 9.17) is 26.1 Å². The molecule has 3 aromatic rings. The Morgan fingerprint density at radius 1 is 1.14 bits per heavy atom. The molecular formula is C21H26N3O3S+. The van der Waals surface area contributed by atoms with Gasteiger partial charge in [-0.15, -0.1) is 0 Å². The zero-order valence-electron chi connectivity index (χ0n) is 16.0. The molecule has 0 unspecified atom stereocenters. The van der Waals surface area contributed by atoms with Crippen molar-refractivity contribution >= 4 is 45.0 Å². The van der Waals surface area contributed by atoms with Crippen LogP contribution in [-0.2, 0) is 4.74 Å². The van der Waals surface area contributed by atoms with Crippen LogP contribution in [0.4, 0.5) is 5.69 Å². The summed E-state index contributed by atoms with van der Waals surface area (Å²) < 4.78 is 16.9. The summed E-state index contributed by atoms with van der Waals surface area (Å²) in [7, 11) is 1.66. The minimum absolute atomic E-state index is 0.589. The smallest absolute Gasteiger partial charge is 0.170 e. The lowest BCUT2D eigenvalue weighted by atomic mass is 10.1. The van der Waals surface area contributed by atoms with Crippen molar-refractivity contribution < 1.29 is 18.8 Å². The largest absolute Gasteiger partial charge is 0.495 e. The van der Waals surface area contributed by atoms with Crippen LogP contribution in [0, 0.1) is 0 Å². The van der Waals surface area contributed by atoms with Crippen LogP contribution in [-0.4, -0.2) is 51.6 Å². The maximum atomic E-state index is 5.97. The summed E-state index contributed by atoms with van der Waals surface area (Å²) in [5.74, 6) is 0.737. The molecule has 2 heterocycles. The van der Waals surface area contributed by atoms with E-state index in [-0.39, 0.29) is 0 Å². The van der Waals surface area contributed by atoms with Crippen molar-refractivity contribution in [2.45, 2.75) is 6.42 Å². The van der Waals surface area contributed by atoms with Gasteiger partial charge in [0.2, 0.25) is 0 Å². The Balaban J connectivity index is 1.39. The van der Waals surface area contributed by atoms with Crippen LogP contribution in [0.3, 0.4) is 0 Å². The average molecular weight is 401 g/mol. The predicted molar refractivity (Wildman–Crippen MR) is 115 cm³/mol. The quantitative estimate of drug-likeness (QED) is 0.436. The van der Waals surface area contributed by atoms with Gasteiger partial charge in [0.1, 0.15) is 30.0 Å². The van der Waals surface area contributed by atoms with Gasteiger partial charge < -0.3 is 29.4 Å². The predicted octanol–water partition coefficient (Wildman–Crippen LogP) is 2.19. The number of para-hydroxylation sites is 1. The number of quaternary nitrogens is 1. The summed E-state index contributed by atoms with van der Waals surface area (Å²) in [5, 5.41) is 9.23. The van der Waals surface area contributed by atoms with E-state index in [9.17, 15) is 0 Å². The number of hydrogen-bond acceptors (Lipinski definition) is 4. The van der Waals surface area contributed by atoms with E-state index in [2.05, 4.69) is 16.7 Å². The number of fused-ring (bicyclic) bond motifs is 3. The van der Waals surface area contributed by atoms with Crippen LogP contribution >= 0.6 is 12.2 Å². The van der Waals surface area contributed by atoms with Crippen LogP contribution in [0.25, 0.3) is 21.9 Å². The van der Waals surface area contributed by atoms with Gasteiger partial charge in [0.25, 0.3) is 0 Å². The van der Waals surface area contributed by atoms with Crippen LogP contribution in [0.15, 0.2) is 40.8 Å². The van der Waals surface area contributed by atoms with Gasteiger partial charge in [0.15, 0.2) is 5.11 Å². The third kappa shape index (κ3) is 4.22. The van der Waals surface area contributed by atoms with Crippen LogP contribution in [0.5, 0.6) is 5.75 Å². The van der Waals surface area contributed by atoms with E-state index in [0.717, 1.165) is 79.2 Å². The monoisotopic (exact) mass is 400 g/mol. The van der Waals surface area contributed by atoms with E-state index in [1.807, 2.05) is 30.3 Å². The van der Waals surface area contributed by atoms with Gasteiger partial charge in [-0.1, -0.05) is 18.2 Å². The van der Waals surface area contributed by atoms with E-state index in [0.29, 0.717) is 5.11 Å². The van der Waals surface area contributed by atoms with Gasteiger partial charge in [-0.05, 0) is 24.4 Å². The number of nitrogens with one attached hydrogen (secondary N) is 3. The molecule has 1 saturated heterocycles. The Kier molecular flexibility index (Phi) is 5.95. The highest BCUT2D eigenvalue weighted by molar-refractivity contribution is 7.80. The first-order chi connectivity index (χ1) is 13.7. The SMILES string of the molecule is COc1cc2c(cc1NC(=S)NCCC[NH+]1CCOCC1)oc1ccccc12. The molecule has 0 amide bonds. The Hall–Kier alpha value is -2.35. The average Bonchev–Trinajstić information content (AvgIpc) is 3.08. The number of morpholine rings is 1. The fraction of sp³-hybridized carbons (Fsp3) is 0.381. The molecule has 28 heavy (non-hydrogen) atoms. The summed E-state index contributed by atoms with van der Waals surface area (Å²) in [6.07, 6.45) is 1.07. The van der Waals surface area contributed by atoms with Crippen molar-refractivity contribution in [3.63, 3.8) is 0 Å². The molecule has 0 aliphatic carbocycles. The first-order valence-corrected chi connectivity index (χ1v) is 10.1. The summed E-state index contributed by atoms with van der Waals surface area (Å²) in [6, 6.07) is 11.9. The van der Waals surface area contributed by atoms with Crippen molar-refractivity contribution in [2.75, 3.05) is 51.8 Å². The zero-order chi connectivity index (χ0) is 19.3. The number of furan rings is 1. The molecule has 2 aromatic carbocycles. The second-order valence-corrected chi connectivity index (χ2v) is 7.40. The second-order valence-electron chi connectivity index (χ2n) is 6.99. The van der Waals surface area contributed by atoms with E-state index in [1.54, 1.807) is 12.0 Å². The minimum atomic E-state index is 0.589. The van der Waals surface area contributed by atoms with E-state index < -0.39 is 0 Å². The molecule has 148 valence electrons. The Morgan fingerprint density at radius 3 is 2.79 bits per heavy atom. The molecule has 1 aromatic heterocycles. The van der Waals surface area contributed by atoms with Crippen molar-refractivity contribution in [1.82, 2.24) is 5.32 Å². The van der Waals surface area contributed by atoms with Gasteiger partial charge in [-0.3, -0.25) is 0 Å². The molecule has 1 fully saturated rings.